The number of nitrogens with zero attached hydrogens (tertiary/aromatic N) is 1. The maximum atomic E-state index is 12.3. The molecule has 0 fully saturated rings. The van der Waals surface area contributed by atoms with E-state index in [4.69, 9.17) is 4.99 Å². The van der Waals surface area contributed by atoms with E-state index in [0.29, 0.717) is 5.75 Å². The van der Waals surface area contributed by atoms with Crippen LogP contribution in [-0.4, -0.2) is 39.2 Å². The summed E-state index contributed by atoms with van der Waals surface area (Å²) in [5.74, 6) is 0.294. The van der Waals surface area contributed by atoms with E-state index in [0.717, 1.165) is 27.3 Å². The van der Waals surface area contributed by atoms with Gasteiger partial charge in [0.05, 0.1) is 0 Å². The summed E-state index contributed by atoms with van der Waals surface area (Å²) in [5.41, 5.74) is 2.68. The van der Waals surface area contributed by atoms with Crippen molar-refractivity contribution >= 4 is 72.7 Å². The van der Waals surface area contributed by atoms with Crippen LogP contribution in [0.25, 0.3) is 10.0 Å². The number of rotatable bonds is 2. The van der Waals surface area contributed by atoms with Gasteiger partial charge in [0, 0.05) is 0 Å². The van der Waals surface area contributed by atoms with Gasteiger partial charge in [-0.05, 0) is 0 Å². The van der Waals surface area contributed by atoms with Crippen LogP contribution in [0.4, 0.5) is 5.69 Å². The predicted molar refractivity (Wildman–Crippen MR) is 130 cm³/mol. The first-order valence-corrected chi connectivity index (χ1v) is 14.5. The third kappa shape index (κ3) is 2.97. The Morgan fingerprint density at radius 3 is 2.55 bits per heavy atom. The van der Waals surface area contributed by atoms with Crippen LogP contribution in [0.1, 0.15) is 0 Å². The van der Waals surface area contributed by atoms with E-state index in [2.05, 4.69) is 53.4 Å². The Morgan fingerprint density at radius 1 is 1.03 bits per heavy atom. The van der Waals surface area contributed by atoms with Crippen molar-refractivity contribution in [3.63, 3.8) is 0 Å². The van der Waals surface area contributed by atoms with Crippen molar-refractivity contribution in [2.45, 2.75) is 6.55 Å². The van der Waals surface area contributed by atoms with Gasteiger partial charge in [-0.1, -0.05) is 0 Å². The molecule has 0 amide bonds. The molecule has 29 heavy (non-hydrogen) atoms. The minimum absolute atomic E-state index is 0.000671. The summed E-state index contributed by atoms with van der Waals surface area (Å²) in [6, 6.07) is 18.3. The first kappa shape index (κ1) is 19.0. The van der Waals surface area contributed by atoms with E-state index in [1.807, 2.05) is 30.3 Å². The molecule has 2 aliphatic rings. The van der Waals surface area contributed by atoms with Crippen LogP contribution in [0.3, 0.4) is 0 Å². The predicted octanol–water partition coefficient (Wildman–Crippen LogP) is 3.60. The molecule has 0 saturated carbocycles. The van der Waals surface area contributed by atoms with Crippen molar-refractivity contribution in [2.24, 2.45) is 4.99 Å². The zero-order chi connectivity index (χ0) is 20.2. The Labute approximate surface area is 189 Å². The summed E-state index contributed by atoms with van der Waals surface area (Å²) in [6.07, 6.45) is 5.18. The second-order valence-electron chi connectivity index (χ2n) is 7.24. The monoisotopic (exact) mass is 573 g/mol. The fourth-order valence-corrected chi connectivity index (χ4v) is 11.7. The molecule has 142 valence electrons. The van der Waals surface area contributed by atoms with Gasteiger partial charge in [0.2, 0.25) is 0 Å². The molecule has 1 N–H and O–H groups in total. The van der Waals surface area contributed by atoms with E-state index in [9.17, 15) is 9.90 Å². The molecule has 2 heterocycles. The van der Waals surface area contributed by atoms with Gasteiger partial charge in [-0.2, -0.15) is 0 Å². The average Bonchev–Trinajstić information content (AvgIpc) is 3.15. The number of hydrogen-bond donors (Lipinski definition) is 1. The van der Waals surface area contributed by atoms with Crippen molar-refractivity contribution in [2.75, 3.05) is 0 Å². The Hall–Kier alpha value is -1.99. The van der Waals surface area contributed by atoms with Gasteiger partial charge >= 0.3 is 190 Å². The molecule has 1 aliphatic heterocycles. The van der Waals surface area contributed by atoms with Crippen LogP contribution in [0.5, 0.6) is 5.75 Å². The van der Waals surface area contributed by atoms with Crippen molar-refractivity contribution in [3.05, 3.63) is 80.5 Å². The van der Waals surface area contributed by atoms with Gasteiger partial charge in [0.25, 0.3) is 0 Å². The summed E-state index contributed by atoms with van der Waals surface area (Å²) in [6.45, 7) is 2.28. The number of carbonyl (C=O) groups is 1. The molecule has 6 heteroatoms. The molecule has 1 unspecified atom stereocenters. The van der Waals surface area contributed by atoms with Crippen LogP contribution < -0.4 is 10.4 Å². The summed E-state index contributed by atoms with van der Waals surface area (Å²) in [7, 11) is -2.56. The normalized spacial score (nSPS) is 20.0. The molecule has 2 aromatic carbocycles. The second kappa shape index (κ2) is 7.06. The van der Waals surface area contributed by atoms with E-state index in [1.54, 1.807) is 18.2 Å². The number of halogens is 1. The van der Waals surface area contributed by atoms with E-state index < -0.39 is 8.07 Å². The van der Waals surface area contributed by atoms with Crippen molar-refractivity contribution in [1.82, 2.24) is 0 Å². The van der Waals surface area contributed by atoms with E-state index in [-0.39, 0.29) is 20.3 Å². The van der Waals surface area contributed by atoms with Crippen LogP contribution in [0, 0.1) is 2.44 Å². The quantitative estimate of drug-likeness (QED) is 0.290. The number of allylic oxidation sites excluding steroid dienone is 4. The number of phenols is 1. The number of benzene rings is 2. The molecule has 0 spiro atoms. The van der Waals surface area contributed by atoms with Gasteiger partial charge < -0.3 is 0 Å². The van der Waals surface area contributed by atoms with Gasteiger partial charge in [-0.3, -0.25) is 0 Å². The van der Waals surface area contributed by atoms with Crippen LogP contribution >= 0.6 is 22.6 Å². The molecule has 3 nitrogen and oxygen atoms in total. The average molecular weight is 572 g/mol. The molecule has 3 aromatic rings. The number of phenolic OH excluding ortho intramolecular Hbond substituents is 1. The topological polar surface area (TPSA) is 49.7 Å². The SMILES string of the molecule is C[Si]1(c2ccccc2)C2=CC(=O)C=CC2=Nc2ccc(O)c(-c3ccc(I)[se]3)c21. The Morgan fingerprint density at radius 2 is 1.83 bits per heavy atom. The summed E-state index contributed by atoms with van der Waals surface area (Å²) < 4.78 is 2.48. The molecular formula is C23H16INO2SeSi. The zero-order valence-electron chi connectivity index (χ0n) is 15.5. The van der Waals surface area contributed by atoms with Crippen LogP contribution in [0.15, 0.2) is 83.0 Å². The Bertz CT molecular complexity index is 1260. The van der Waals surface area contributed by atoms with Crippen molar-refractivity contribution < 1.29 is 9.90 Å². The van der Waals surface area contributed by atoms with Gasteiger partial charge in [0.1, 0.15) is 0 Å². The third-order valence-electron chi connectivity index (χ3n) is 5.58. The second-order valence-corrected chi connectivity index (χ2v) is 16.2. The first-order valence-electron chi connectivity index (χ1n) is 9.19. The number of aromatic hydroxyl groups is 1. The Kier molecular flexibility index (Phi) is 4.62. The number of ketones is 1. The van der Waals surface area contributed by atoms with E-state index >= 15 is 0 Å². The minimum atomic E-state index is -2.56. The Balaban J connectivity index is 1.92. The number of hydrogen-bond acceptors (Lipinski definition) is 3. The van der Waals surface area contributed by atoms with Crippen molar-refractivity contribution in [3.8, 4) is 15.8 Å². The molecule has 1 atom stereocenters. The van der Waals surface area contributed by atoms with Gasteiger partial charge in [-0.15, -0.1) is 0 Å². The number of fused-ring (bicyclic) bond motifs is 2. The first-order chi connectivity index (χ1) is 14.0. The summed E-state index contributed by atoms with van der Waals surface area (Å²) in [5, 5.41) is 14.3. The molecule has 5 rings (SSSR count). The molecule has 0 radical (unpaired) electrons. The number of aliphatic imine (C=N–C) groups is 1. The molecule has 0 bridgehead atoms. The van der Waals surface area contributed by atoms with Crippen molar-refractivity contribution in [1.29, 1.82) is 0 Å². The molecule has 1 aliphatic carbocycles. The summed E-state index contributed by atoms with van der Waals surface area (Å²) in [4.78, 5) is 17.2. The zero-order valence-corrected chi connectivity index (χ0v) is 20.4. The molecule has 1 aromatic heterocycles. The maximum absolute atomic E-state index is 12.3. The standard InChI is InChI=1S/C23H16INO2SeSi/c1-29(15-5-3-2-4-6-15)20-13-14(26)7-8-16(20)25-17-9-10-18(27)22(23(17)29)19-11-12-21(24)28-19/h2-13,27H,1H3. The van der Waals surface area contributed by atoms with Crippen LogP contribution in [0.2, 0.25) is 6.55 Å². The van der Waals surface area contributed by atoms with E-state index in [1.165, 1.54) is 12.1 Å². The van der Waals surface area contributed by atoms with Gasteiger partial charge in [-0.25, -0.2) is 0 Å². The third-order valence-corrected chi connectivity index (χ3v) is 13.4. The summed E-state index contributed by atoms with van der Waals surface area (Å²) >= 11 is 2.53. The van der Waals surface area contributed by atoms with Gasteiger partial charge in [0.15, 0.2) is 0 Å². The molecule has 0 saturated heterocycles. The van der Waals surface area contributed by atoms with Crippen LogP contribution in [-0.2, 0) is 4.79 Å². The fraction of sp³-hybridized carbons (Fsp3) is 0.0435. The number of carbonyl (C=O) groups excluding carboxylic acids is 1. The fourth-order valence-electron chi connectivity index (χ4n) is 4.23. The molecular weight excluding hydrogens is 556 g/mol.